The molecule has 0 unspecified atom stereocenters. The lowest BCUT2D eigenvalue weighted by atomic mass is 10.1. The average Bonchev–Trinajstić information content (AvgIpc) is 2.69. The van der Waals surface area contributed by atoms with Gasteiger partial charge < -0.3 is 10.6 Å². The highest BCUT2D eigenvalue weighted by Gasteiger charge is 2.15. The standard InChI is InChI=1S/C24H21ClN2O2/c1-16-10-12-18(13-11-16)23(28)27-22(15-19-7-3-4-9-21(19)25)24(29)26-20-8-5-6-17(2)14-20/h3-15H,1-2H3,(H,26,29)(H,27,28). The first-order valence-electron chi connectivity index (χ1n) is 9.14. The van der Waals surface area contributed by atoms with Gasteiger partial charge in [-0.25, -0.2) is 0 Å². The fourth-order valence-corrected chi connectivity index (χ4v) is 2.92. The summed E-state index contributed by atoms with van der Waals surface area (Å²) in [7, 11) is 0. The van der Waals surface area contributed by atoms with Crippen molar-refractivity contribution in [2.75, 3.05) is 5.32 Å². The zero-order valence-corrected chi connectivity index (χ0v) is 17.0. The second-order valence-electron chi connectivity index (χ2n) is 6.72. The van der Waals surface area contributed by atoms with E-state index in [9.17, 15) is 9.59 Å². The smallest absolute Gasteiger partial charge is 0.272 e. The van der Waals surface area contributed by atoms with E-state index in [0.717, 1.165) is 11.1 Å². The molecule has 0 fully saturated rings. The van der Waals surface area contributed by atoms with Crippen LogP contribution in [0.3, 0.4) is 0 Å². The molecule has 2 N–H and O–H groups in total. The Morgan fingerprint density at radius 3 is 2.28 bits per heavy atom. The van der Waals surface area contributed by atoms with Crippen molar-refractivity contribution >= 4 is 35.2 Å². The van der Waals surface area contributed by atoms with Crippen LogP contribution in [-0.4, -0.2) is 11.8 Å². The molecule has 3 aromatic carbocycles. The van der Waals surface area contributed by atoms with Crippen LogP contribution in [0.25, 0.3) is 6.08 Å². The Hall–Kier alpha value is -3.37. The Kier molecular flexibility index (Phi) is 6.47. The lowest BCUT2D eigenvalue weighted by Gasteiger charge is -2.12. The van der Waals surface area contributed by atoms with Gasteiger partial charge in [0.05, 0.1) is 0 Å². The Labute approximate surface area is 175 Å². The Bertz CT molecular complexity index is 1070. The van der Waals surface area contributed by atoms with E-state index in [1.165, 1.54) is 0 Å². The average molecular weight is 405 g/mol. The molecule has 0 aromatic heterocycles. The van der Waals surface area contributed by atoms with Crippen LogP contribution < -0.4 is 10.6 Å². The van der Waals surface area contributed by atoms with Crippen molar-refractivity contribution < 1.29 is 9.59 Å². The highest BCUT2D eigenvalue weighted by molar-refractivity contribution is 6.32. The Morgan fingerprint density at radius 2 is 1.59 bits per heavy atom. The largest absolute Gasteiger partial charge is 0.321 e. The van der Waals surface area contributed by atoms with Crippen molar-refractivity contribution in [1.82, 2.24) is 5.32 Å². The number of anilines is 1. The van der Waals surface area contributed by atoms with Gasteiger partial charge in [-0.3, -0.25) is 9.59 Å². The van der Waals surface area contributed by atoms with E-state index < -0.39 is 5.91 Å². The summed E-state index contributed by atoms with van der Waals surface area (Å²) in [6.07, 6.45) is 1.57. The van der Waals surface area contributed by atoms with E-state index >= 15 is 0 Å². The molecule has 0 aliphatic carbocycles. The molecule has 29 heavy (non-hydrogen) atoms. The van der Waals surface area contributed by atoms with Crippen LogP contribution >= 0.6 is 11.6 Å². The number of rotatable bonds is 5. The number of carbonyl (C=O) groups excluding carboxylic acids is 2. The normalized spacial score (nSPS) is 11.1. The molecule has 0 atom stereocenters. The summed E-state index contributed by atoms with van der Waals surface area (Å²) >= 11 is 6.24. The molecule has 2 amide bonds. The van der Waals surface area contributed by atoms with Crippen molar-refractivity contribution in [2.24, 2.45) is 0 Å². The first kappa shape index (κ1) is 20.4. The minimum atomic E-state index is -0.434. The van der Waals surface area contributed by atoms with Gasteiger partial charge in [-0.2, -0.15) is 0 Å². The first-order valence-corrected chi connectivity index (χ1v) is 9.52. The van der Waals surface area contributed by atoms with Crippen molar-refractivity contribution in [3.05, 3.63) is 106 Å². The van der Waals surface area contributed by atoms with Gasteiger partial charge in [-0.1, -0.05) is 59.6 Å². The number of aryl methyl sites for hydroxylation is 2. The molecular formula is C24H21ClN2O2. The van der Waals surface area contributed by atoms with Gasteiger partial charge in [0.25, 0.3) is 11.8 Å². The minimum absolute atomic E-state index is 0.102. The van der Waals surface area contributed by atoms with Crippen LogP contribution in [0.2, 0.25) is 5.02 Å². The SMILES string of the molecule is Cc1ccc(C(=O)NC(=Cc2ccccc2Cl)C(=O)Nc2cccc(C)c2)cc1. The highest BCUT2D eigenvalue weighted by Crippen LogP contribution is 2.19. The van der Waals surface area contributed by atoms with Crippen LogP contribution in [0.5, 0.6) is 0 Å². The van der Waals surface area contributed by atoms with Crippen molar-refractivity contribution in [2.45, 2.75) is 13.8 Å². The molecule has 5 heteroatoms. The van der Waals surface area contributed by atoms with Gasteiger partial charge in [-0.15, -0.1) is 0 Å². The summed E-state index contributed by atoms with van der Waals surface area (Å²) in [6.45, 7) is 3.88. The summed E-state index contributed by atoms with van der Waals surface area (Å²) in [5.74, 6) is -0.807. The minimum Gasteiger partial charge on any atom is -0.321 e. The molecule has 0 heterocycles. The predicted octanol–water partition coefficient (Wildman–Crippen LogP) is 5.37. The molecule has 0 bridgehead atoms. The second-order valence-corrected chi connectivity index (χ2v) is 7.13. The molecule has 0 aliphatic heterocycles. The van der Waals surface area contributed by atoms with E-state index in [2.05, 4.69) is 10.6 Å². The van der Waals surface area contributed by atoms with Crippen LogP contribution in [-0.2, 0) is 4.79 Å². The lowest BCUT2D eigenvalue weighted by molar-refractivity contribution is -0.113. The summed E-state index contributed by atoms with van der Waals surface area (Å²) < 4.78 is 0. The number of hydrogen-bond donors (Lipinski definition) is 2. The van der Waals surface area contributed by atoms with Crippen LogP contribution in [0, 0.1) is 13.8 Å². The summed E-state index contributed by atoms with van der Waals surface area (Å²) in [5.41, 5.74) is 3.90. The third-order valence-electron chi connectivity index (χ3n) is 4.29. The zero-order chi connectivity index (χ0) is 20.8. The Morgan fingerprint density at radius 1 is 0.862 bits per heavy atom. The summed E-state index contributed by atoms with van der Waals surface area (Å²) in [4.78, 5) is 25.6. The maximum Gasteiger partial charge on any atom is 0.272 e. The van der Waals surface area contributed by atoms with Gasteiger partial charge in [0.1, 0.15) is 5.70 Å². The predicted molar refractivity (Wildman–Crippen MR) is 118 cm³/mol. The number of halogens is 1. The molecule has 0 aliphatic rings. The Balaban J connectivity index is 1.90. The molecular weight excluding hydrogens is 384 g/mol. The van der Waals surface area contributed by atoms with Crippen molar-refractivity contribution in [3.8, 4) is 0 Å². The molecule has 0 spiro atoms. The van der Waals surface area contributed by atoms with E-state index in [-0.39, 0.29) is 11.6 Å². The molecule has 0 saturated carbocycles. The van der Waals surface area contributed by atoms with Crippen LogP contribution in [0.15, 0.2) is 78.5 Å². The third-order valence-corrected chi connectivity index (χ3v) is 4.63. The highest BCUT2D eigenvalue weighted by atomic mass is 35.5. The number of amides is 2. The number of benzene rings is 3. The molecule has 0 radical (unpaired) electrons. The fourth-order valence-electron chi connectivity index (χ4n) is 2.73. The lowest BCUT2D eigenvalue weighted by Crippen LogP contribution is -2.30. The fraction of sp³-hybridized carbons (Fsp3) is 0.0833. The van der Waals surface area contributed by atoms with Crippen LogP contribution in [0.1, 0.15) is 27.0 Å². The zero-order valence-electron chi connectivity index (χ0n) is 16.2. The maximum atomic E-state index is 12.9. The monoisotopic (exact) mass is 404 g/mol. The van der Waals surface area contributed by atoms with Crippen LogP contribution in [0.4, 0.5) is 5.69 Å². The van der Waals surface area contributed by atoms with Crippen molar-refractivity contribution in [1.29, 1.82) is 0 Å². The van der Waals surface area contributed by atoms with Gasteiger partial charge >= 0.3 is 0 Å². The van der Waals surface area contributed by atoms with E-state index in [1.807, 2.05) is 50.2 Å². The van der Waals surface area contributed by atoms with Gasteiger partial charge in [0, 0.05) is 16.3 Å². The topological polar surface area (TPSA) is 58.2 Å². The van der Waals surface area contributed by atoms with Gasteiger partial charge in [0.2, 0.25) is 0 Å². The third kappa shape index (κ3) is 5.56. The summed E-state index contributed by atoms with van der Waals surface area (Å²) in [5, 5.41) is 6.02. The quantitative estimate of drug-likeness (QED) is 0.562. The maximum absolute atomic E-state index is 12.9. The van der Waals surface area contributed by atoms with E-state index in [0.29, 0.717) is 21.8 Å². The number of hydrogen-bond acceptors (Lipinski definition) is 2. The number of carbonyl (C=O) groups is 2. The summed E-state index contributed by atoms with van der Waals surface area (Å²) in [6, 6.07) is 21.7. The van der Waals surface area contributed by atoms with E-state index in [1.54, 1.807) is 42.5 Å². The molecule has 146 valence electrons. The first-order chi connectivity index (χ1) is 13.9. The number of nitrogens with one attached hydrogen (secondary N) is 2. The van der Waals surface area contributed by atoms with Gasteiger partial charge in [0.15, 0.2) is 0 Å². The molecule has 3 rings (SSSR count). The second kappa shape index (κ2) is 9.22. The van der Waals surface area contributed by atoms with E-state index in [4.69, 9.17) is 11.6 Å². The molecule has 0 saturated heterocycles. The van der Waals surface area contributed by atoms with Crippen molar-refractivity contribution in [3.63, 3.8) is 0 Å². The molecule has 4 nitrogen and oxygen atoms in total. The molecule has 3 aromatic rings. The van der Waals surface area contributed by atoms with Gasteiger partial charge in [-0.05, 0) is 61.4 Å².